The number of nitrogens with one attached hydrogen (secondary N) is 3. The largest absolute Gasteiger partial charge is 0.333 e. The predicted octanol–water partition coefficient (Wildman–Crippen LogP) is 3.20. The molecule has 0 radical (unpaired) electrons. The van der Waals surface area contributed by atoms with Gasteiger partial charge in [0.1, 0.15) is 0 Å². The number of carbonyl (C=O) groups excluding carboxylic acids is 1. The molecule has 0 aliphatic carbocycles. The van der Waals surface area contributed by atoms with Crippen LogP contribution in [-0.4, -0.2) is 17.6 Å². The minimum Gasteiger partial charge on any atom is -0.333 e. The second-order valence-electron chi connectivity index (χ2n) is 4.77. The zero-order valence-electron chi connectivity index (χ0n) is 12.0. The summed E-state index contributed by atoms with van der Waals surface area (Å²) in [4.78, 5) is 16.3. The van der Waals surface area contributed by atoms with Crippen molar-refractivity contribution >= 4 is 33.5 Å². The Hall–Kier alpha value is -3.08. The maximum Gasteiger partial charge on any atom is 0.333 e. The first-order valence-electron chi connectivity index (χ1n) is 6.98. The quantitative estimate of drug-likeness (QED) is 0.393. The Morgan fingerprint density at radius 1 is 1.05 bits per heavy atom. The van der Waals surface area contributed by atoms with Crippen molar-refractivity contribution < 1.29 is 4.79 Å². The summed E-state index contributed by atoms with van der Waals surface area (Å²) in [6.07, 6.45) is 1.62. The van der Waals surface area contributed by atoms with Gasteiger partial charge in [-0.2, -0.15) is 0 Å². The second kappa shape index (κ2) is 6.13. The van der Waals surface area contributed by atoms with Gasteiger partial charge in [-0.25, -0.2) is 9.78 Å². The lowest BCUT2D eigenvalue weighted by atomic mass is 10.1. The summed E-state index contributed by atoms with van der Waals surface area (Å²) in [5.74, 6) is 0. The van der Waals surface area contributed by atoms with Crippen LogP contribution in [0, 0.1) is 0 Å². The van der Waals surface area contributed by atoms with E-state index in [4.69, 9.17) is 0 Å². The van der Waals surface area contributed by atoms with Crippen molar-refractivity contribution in [1.82, 2.24) is 15.7 Å². The van der Waals surface area contributed by atoms with Crippen LogP contribution < -0.4 is 16.2 Å². The fraction of sp³-hybridized carbons (Fsp3) is 0.0588. The van der Waals surface area contributed by atoms with Gasteiger partial charge in [0.2, 0.25) is 0 Å². The molecule has 0 bridgehead atoms. The van der Waals surface area contributed by atoms with Crippen molar-refractivity contribution in [3.63, 3.8) is 0 Å². The first-order chi connectivity index (χ1) is 10.8. The third-order valence-corrected chi connectivity index (χ3v) is 3.30. The van der Waals surface area contributed by atoms with Crippen molar-refractivity contribution in [3.05, 3.63) is 61.2 Å². The summed E-state index contributed by atoms with van der Waals surface area (Å²) in [5, 5.41) is 4.55. The van der Waals surface area contributed by atoms with Crippen LogP contribution in [0.1, 0.15) is 0 Å². The van der Waals surface area contributed by atoms with Crippen LogP contribution in [-0.2, 0) is 0 Å². The number of carbonyl (C=O) groups is 1. The van der Waals surface area contributed by atoms with Crippen molar-refractivity contribution in [2.75, 3.05) is 12.0 Å². The van der Waals surface area contributed by atoms with E-state index in [0.717, 1.165) is 27.5 Å². The summed E-state index contributed by atoms with van der Waals surface area (Å²) >= 11 is 0. The summed E-state index contributed by atoms with van der Waals surface area (Å²) in [7, 11) is 0. The van der Waals surface area contributed by atoms with Crippen molar-refractivity contribution in [2.24, 2.45) is 0 Å². The molecule has 5 heteroatoms. The average molecular weight is 292 g/mol. The number of hydrogen-bond donors (Lipinski definition) is 3. The smallest absolute Gasteiger partial charge is 0.333 e. The van der Waals surface area contributed by atoms with Gasteiger partial charge >= 0.3 is 6.03 Å². The molecule has 0 saturated heterocycles. The number of amides is 2. The minimum absolute atomic E-state index is 0.315. The number of nitrogens with zero attached hydrogens (tertiary/aromatic N) is 1. The number of para-hydroxylation sites is 2. The minimum atomic E-state index is -0.315. The Morgan fingerprint density at radius 3 is 2.23 bits per heavy atom. The van der Waals surface area contributed by atoms with Crippen LogP contribution in [0.4, 0.5) is 10.5 Å². The highest BCUT2D eigenvalue weighted by molar-refractivity contribution is 6.07. The lowest BCUT2D eigenvalue weighted by Crippen LogP contribution is -2.39. The van der Waals surface area contributed by atoms with Gasteiger partial charge < -0.3 is 5.32 Å². The molecular formula is C17H16N4O. The molecule has 3 rings (SSSR count). The second-order valence-corrected chi connectivity index (χ2v) is 4.77. The van der Waals surface area contributed by atoms with Crippen LogP contribution >= 0.6 is 0 Å². The fourth-order valence-corrected chi connectivity index (χ4v) is 2.30. The highest BCUT2D eigenvalue weighted by atomic mass is 16.2. The molecule has 0 saturated carbocycles. The molecule has 5 nitrogen and oxygen atoms in total. The van der Waals surface area contributed by atoms with Crippen molar-refractivity contribution in [2.45, 2.75) is 0 Å². The average Bonchev–Trinajstić information content (AvgIpc) is 2.56. The molecule has 0 aliphatic heterocycles. The normalized spacial score (nSPS) is 10.4. The maximum atomic E-state index is 11.7. The van der Waals surface area contributed by atoms with E-state index in [1.54, 1.807) is 6.08 Å². The third kappa shape index (κ3) is 2.69. The van der Waals surface area contributed by atoms with E-state index < -0.39 is 0 Å². The molecule has 0 atom stereocenters. The van der Waals surface area contributed by atoms with Crippen LogP contribution in [0.2, 0.25) is 0 Å². The zero-order valence-corrected chi connectivity index (χ0v) is 12.0. The number of fused-ring (bicyclic) bond motifs is 2. The molecule has 2 amide bonds. The van der Waals surface area contributed by atoms with Crippen molar-refractivity contribution in [1.29, 1.82) is 0 Å². The lowest BCUT2D eigenvalue weighted by Gasteiger charge is -2.14. The number of hydrazine groups is 1. The molecule has 3 aromatic rings. The van der Waals surface area contributed by atoms with Gasteiger partial charge in [-0.15, -0.1) is 6.58 Å². The molecule has 1 aromatic heterocycles. The summed E-state index contributed by atoms with van der Waals surface area (Å²) in [5.41, 5.74) is 8.22. The van der Waals surface area contributed by atoms with Gasteiger partial charge in [0.25, 0.3) is 0 Å². The van der Waals surface area contributed by atoms with Gasteiger partial charge in [0.15, 0.2) is 0 Å². The number of hydrogen-bond acceptors (Lipinski definition) is 3. The van der Waals surface area contributed by atoms with E-state index in [1.807, 2.05) is 48.5 Å². The molecule has 1 heterocycles. The molecule has 0 fully saturated rings. The number of aromatic nitrogens is 1. The number of rotatable bonds is 4. The SMILES string of the molecule is C=CCNC(=O)NNc1c2ccccc2nc2ccccc12. The van der Waals surface area contributed by atoms with E-state index >= 15 is 0 Å². The highest BCUT2D eigenvalue weighted by Gasteiger charge is 2.09. The van der Waals surface area contributed by atoms with E-state index in [9.17, 15) is 4.79 Å². The third-order valence-electron chi connectivity index (χ3n) is 3.30. The molecule has 0 unspecified atom stereocenters. The zero-order chi connectivity index (χ0) is 15.4. The molecule has 0 spiro atoms. The van der Waals surface area contributed by atoms with E-state index in [2.05, 4.69) is 27.7 Å². The fourth-order valence-electron chi connectivity index (χ4n) is 2.30. The Kier molecular flexibility index (Phi) is 3.87. The molecular weight excluding hydrogens is 276 g/mol. The summed E-state index contributed by atoms with van der Waals surface area (Å²) < 4.78 is 0. The monoisotopic (exact) mass is 292 g/mol. The number of benzene rings is 2. The topological polar surface area (TPSA) is 66.1 Å². The van der Waals surface area contributed by atoms with Crippen LogP contribution in [0.15, 0.2) is 61.2 Å². The lowest BCUT2D eigenvalue weighted by molar-refractivity contribution is 0.244. The standard InChI is InChI=1S/C17H16N4O/c1-2-11-18-17(22)21-20-16-12-7-3-5-9-14(12)19-15-10-6-4-8-13(15)16/h2-10H,1,11H2,(H,19,20)(H2,18,21,22). The molecule has 2 aromatic carbocycles. The number of pyridine rings is 1. The molecule has 0 aliphatic rings. The van der Waals surface area contributed by atoms with Crippen molar-refractivity contribution in [3.8, 4) is 0 Å². The molecule has 3 N–H and O–H groups in total. The maximum absolute atomic E-state index is 11.7. The van der Waals surface area contributed by atoms with E-state index in [1.165, 1.54) is 0 Å². The highest BCUT2D eigenvalue weighted by Crippen LogP contribution is 2.29. The molecule has 22 heavy (non-hydrogen) atoms. The molecule has 110 valence electrons. The first-order valence-corrected chi connectivity index (χ1v) is 6.98. The Morgan fingerprint density at radius 2 is 1.64 bits per heavy atom. The van der Waals surface area contributed by atoms with Gasteiger partial charge in [-0.1, -0.05) is 42.5 Å². The summed E-state index contributed by atoms with van der Waals surface area (Å²) in [6, 6.07) is 15.3. The Balaban J connectivity index is 2.01. The Bertz CT molecular complexity index is 790. The van der Waals surface area contributed by atoms with Gasteiger partial charge in [-0.05, 0) is 12.1 Å². The van der Waals surface area contributed by atoms with E-state index in [0.29, 0.717) is 6.54 Å². The van der Waals surface area contributed by atoms with Gasteiger partial charge in [-0.3, -0.25) is 10.9 Å². The van der Waals surface area contributed by atoms with Gasteiger partial charge in [0, 0.05) is 17.3 Å². The van der Waals surface area contributed by atoms with Crippen LogP contribution in [0.3, 0.4) is 0 Å². The Labute approximate surface area is 128 Å². The summed E-state index contributed by atoms with van der Waals surface area (Å²) in [6.45, 7) is 3.97. The first kappa shape index (κ1) is 13.9. The van der Waals surface area contributed by atoms with Gasteiger partial charge in [0.05, 0.1) is 16.7 Å². The number of urea groups is 1. The van der Waals surface area contributed by atoms with E-state index in [-0.39, 0.29) is 6.03 Å². The number of anilines is 1. The van der Waals surface area contributed by atoms with Crippen LogP contribution in [0.5, 0.6) is 0 Å². The van der Waals surface area contributed by atoms with Crippen LogP contribution in [0.25, 0.3) is 21.8 Å². The predicted molar refractivity (Wildman–Crippen MR) is 89.6 cm³/mol.